The quantitative estimate of drug-likeness (QED) is 0.939. The van der Waals surface area contributed by atoms with Gasteiger partial charge in [0.1, 0.15) is 5.69 Å². The molecule has 1 aromatic carbocycles. The first kappa shape index (κ1) is 15.7. The Morgan fingerprint density at radius 1 is 1.43 bits per heavy atom. The van der Waals surface area contributed by atoms with E-state index in [-0.39, 0.29) is 5.91 Å². The second-order valence-corrected chi connectivity index (χ2v) is 5.42. The molecule has 0 spiro atoms. The van der Waals surface area contributed by atoms with Gasteiger partial charge in [0.05, 0.1) is 21.9 Å². The number of carbonyl (C=O) groups is 1. The average molecular weight is 327 g/mol. The second kappa shape index (κ2) is 6.37. The van der Waals surface area contributed by atoms with Crippen LogP contribution in [-0.2, 0) is 13.1 Å². The lowest BCUT2D eigenvalue weighted by molar-refractivity contribution is 0.0774. The largest absolute Gasteiger partial charge is 0.396 e. The van der Waals surface area contributed by atoms with Crippen LogP contribution >= 0.6 is 23.2 Å². The fourth-order valence-corrected chi connectivity index (χ4v) is 2.43. The summed E-state index contributed by atoms with van der Waals surface area (Å²) in [6.45, 7) is 2.81. The first-order chi connectivity index (χ1) is 9.95. The summed E-state index contributed by atoms with van der Waals surface area (Å²) in [6.07, 6.45) is 1.48. The van der Waals surface area contributed by atoms with Gasteiger partial charge in [-0.3, -0.25) is 9.48 Å². The first-order valence-electron chi connectivity index (χ1n) is 6.45. The lowest BCUT2D eigenvalue weighted by Gasteiger charge is -2.19. The SMILES string of the molecule is CCn1ncc(N)c1C(=O)N(C)Cc1cccc(Cl)c1Cl. The molecule has 2 aromatic rings. The zero-order valence-corrected chi connectivity index (χ0v) is 13.3. The van der Waals surface area contributed by atoms with Crippen molar-refractivity contribution in [2.24, 2.45) is 0 Å². The molecule has 112 valence electrons. The van der Waals surface area contributed by atoms with Gasteiger partial charge in [-0.05, 0) is 18.6 Å². The van der Waals surface area contributed by atoms with E-state index in [0.717, 1.165) is 5.56 Å². The number of anilines is 1. The molecule has 0 aliphatic rings. The van der Waals surface area contributed by atoms with Gasteiger partial charge in [-0.2, -0.15) is 5.10 Å². The van der Waals surface area contributed by atoms with Gasteiger partial charge in [-0.15, -0.1) is 0 Å². The summed E-state index contributed by atoms with van der Waals surface area (Å²) in [5.41, 5.74) is 7.36. The number of nitrogen functional groups attached to an aromatic ring is 1. The summed E-state index contributed by atoms with van der Waals surface area (Å²) in [6, 6.07) is 5.34. The topological polar surface area (TPSA) is 64.2 Å². The van der Waals surface area contributed by atoms with Gasteiger partial charge in [0.15, 0.2) is 0 Å². The smallest absolute Gasteiger partial charge is 0.274 e. The molecule has 21 heavy (non-hydrogen) atoms. The van der Waals surface area contributed by atoms with Crippen LogP contribution in [0, 0.1) is 0 Å². The van der Waals surface area contributed by atoms with Crippen LogP contribution < -0.4 is 5.73 Å². The fourth-order valence-electron chi connectivity index (χ4n) is 2.05. The maximum Gasteiger partial charge on any atom is 0.274 e. The third-order valence-electron chi connectivity index (χ3n) is 3.16. The number of rotatable bonds is 4. The summed E-state index contributed by atoms with van der Waals surface area (Å²) >= 11 is 12.1. The standard InChI is InChI=1S/C14H16Cl2N4O/c1-3-20-13(11(17)7-18-20)14(21)19(2)8-9-5-4-6-10(15)12(9)16/h4-7H,3,8,17H2,1-2H3. The molecule has 2 N–H and O–H groups in total. The molecular weight excluding hydrogens is 311 g/mol. The molecule has 1 heterocycles. The Morgan fingerprint density at radius 3 is 2.81 bits per heavy atom. The van der Waals surface area contributed by atoms with E-state index in [1.807, 2.05) is 13.0 Å². The highest BCUT2D eigenvalue weighted by atomic mass is 35.5. The monoisotopic (exact) mass is 326 g/mol. The molecule has 0 fully saturated rings. The summed E-state index contributed by atoms with van der Waals surface area (Å²) in [5.74, 6) is -0.206. The third-order valence-corrected chi connectivity index (χ3v) is 4.01. The zero-order chi connectivity index (χ0) is 15.6. The second-order valence-electron chi connectivity index (χ2n) is 4.64. The summed E-state index contributed by atoms with van der Waals surface area (Å²) < 4.78 is 1.58. The van der Waals surface area contributed by atoms with E-state index in [0.29, 0.717) is 34.5 Å². The maximum absolute atomic E-state index is 12.5. The van der Waals surface area contributed by atoms with Gasteiger partial charge >= 0.3 is 0 Å². The Labute approximate surface area is 133 Å². The van der Waals surface area contributed by atoms with Gasteiger partial charge in [-0.1, -0.05) is 35.3 Å². The van der Waals surface area contributed by atoms with Crippen LogP contribution in [0.3, 0.4) is 0 Å². The minimum Gasteiger partial charge on any atom is -0.396 e. The van der Waals surface area contributed by atoms with E-state index in [9.17, 15) is 4.79 Å². The molecule has 0 aliphatic heterocycles. The van der Waals surface area contributed by atoms with Crippen LogP contribution in [0.25, 0.3) is 0 Å². The lowest BCUT2D eigenvalue weighted by Crippen LogP contribution is -2.29. The van der Waals surface area contributed by atoms with Gasteiger partial charge in [0.25, 0.3) is 5.91 Å². The maximum atomic E-state index is 12.5. The zero-order valence-electron chi connectivity index (χ0n) is 11.8. The molecular formula is C14H16Cl2N4O. The lowest BCUT2D eigenvalue weighted by atomic mass is 10.2. The van der Waals surface area contributed by atoms with E-state index in [1.54, 1.807) is 23.9 Å². The molecule has 0 radical (unpaired) electrons. The van der Waals surface area contributed by atoms with Crippen LogP contribution in [-0.4, -0.2) is 27.6 Å². The molecule has 0 unspecified atom stereocenters. The summed E-state index contributed by atoms with van der Waals surface area (Å²) in [5, 5.41) is 4.99. The minimum absolute atomic E-state index is 0.206. The number of hydrogen-bond donors (Lipinski definition) is 1. The summed E-state index contributed by atoms with van der Waals surface area (Å²) in [7, 11) is 1.69. The third kappa shape index (κ3) is 3.14. The van der Waals surface area contributed by atoms with Crippen molar-refractivity contribution < 1.29 is 4.79 Å². The van der Waals surface area contributed by atoms with Crippen LogP contribution in [0.2, 0.25) is 10.0 Å². The Morgan fingerprint density at radius 2 is 2.14 bits per heavy atom. The van der Waals surface area contributed by atoms with Crippen molar-refractivity contribution in [1.29, 1.82) is 0 Å². The van der Waals surface area contributed by atoms with E-state index < -0.39 is 0 Å². The fraction of sp³-hybridized carbons (Fsp3) is 0.286. The van der Waals surface area contributed by atoms with E-state index in [4.69, 9.17) is 28.9 Å². The Bertz CT molecular complexity index is 669. The molecule has 0 saturated heterocycles. The van der Waals surface area contributed by atoms with Crippen molar-refractivity contribution in [3.8, 4) is 0 Å². The molecule has 5 nitrogen and oxygen atoms in total. The van der Waals surface area contributed by atoms with Crippen LogP contribution in [0.15, 0.2) is 24.4 Å². The summed E-state index contributed by atoms with van der Waals surface area (Å²) in [4.78, 5) is 14.1. The van der Waals surface area contributed by atoms with Crippen molar-refractivity contribution in [2.45, 2.75) is 20.0 Å². The Kier molecular flexibility index (Phi) is 4.75. The minimum atomic E-state index is -0.206. The number of aryl methyl sites for hydroxylation is 1. The van der Waals surface area contributed by atoms with Gasteiger partial charge in [-0.25, -0.2) is 0 Å². The Balaban J connectivity index is 2.24. The molecule has 0 aliphatic carbocycles. The first-order valence-corrected chi connectivity index (χ1v) is 7.21. The van der Waals surface area contributed by atoms with E-state index in [1.165, 1.54) is 11.1 Å². The van der Waals surface area contributed by atoms with Gasteiger partial charge < -0.3 is 10.6 Å². The number of nitrogens with zero attached hydrogens (tertiary/aromatic N) is 3. The number of carbonyl (C=O) groups excluding carboxylic acids is 1. The number of aromatic nitrogens is 2. The number of halogens is 2. The molecule has 1 aromatic heterocycles. The average Bonchev–Trinajstić information content (AvgIpc) is 2.84. The van der Waals surface area contributed by atoms with Gasteiger partial charge in [0.2, 0.25) is 0 Å². The van der Waals surface area contributed by atoms with Crippen molar-refractivity contribution >= 4 is 34.8 Å². The number of amides is 1. The molecule has 7 heteroatoms. The van der Waals surface area contributed by atoms with E-state index in [2.05, 4.69) is 5.10 Å². The number of hydrogen-bond acceptors (Lipinski definition) is 3. The van der Waals surface area contributed by atoms with Crippen molar-refractivity contribution in [2.75, 3.05) is 12.8 Å². The predicted octanol–water partition coefficient (Wildman–Crippen LogP) is 3.06. The van der Waals surface area contributed by atoms with Crippen molar-refractivity contribution in [3.63, 3.8) is 0 Å². The number of benzene rings is 1. The predicted molar refractivity (Wildman–Crippen MR) is 84.6 cm³/mol. The van der Waals surface area contributed by atoms with Crippen LogP contribution in [0.4, 0.5) is 5.69 Å². The highest BCUT2D eigenvalue weighted by molar-refractivity contribution is 6.42. The van der Waals surface area contributed by atoms with Gasteiger partial charge in [0, 0.05) is 20.1 Å². The molecule has 1 amide bonds. The van der Waals surface area contributed by atoms with E-state index >= 15 is 0 Å². The molecule has 0 atom stereocenters. The highest BCUT2D eigenvalue weighted by Gasteiger charge is 2.21. The highest BCUT2D eigenvalue weighted by Crippen LogP contribution is 2.26. The number of nitrogens with two attached hydrogens (primary N) is 1. The normalized spacial score (nSPS) is 10.7. The molecule has 0 bridgehead atoms. The Hall–Kier alpha value is -1.72. The molecule has 0 saturated carbocycles. The van der Waals surface area contributed by atoms with Crippen molar-refractivity contribution in [1.82, 2.24) is 14.7 Å². The molecule has 2 rings (SSSR count). The van der Waals surface area contributed by atoms with Crippen LogP contribution in [0.5, 0.6) is 0 Å². The van der Waals surface area contributed by atoms with Crippen LogP contribution in [0.1, 0.15) is 23.0 Å². The van der Waals surface area contributed by atoms with Crippen molar-refractivity contribution in [3.05, 3.63) is 45.7 Å².